The molecule has 0 spiro atoms. The van der Waals surface area contributed by atoms with Crippen molar-refractivity contribution in [3.05, 3.63) is 24.3 Å². The summed E-state index contributed by atoms with van der Waals surface area (Å²) in [6, 6.07) is -0.543. The molecule has 0 aliphatic carbocycles. The predicted molar refractivity (Wildman–Crippen MR) is 246 cm³/mol. The van der Waals surface area contributed by atoms with E-state index in [1.54, 1.807) is 0 Å². The second-order valence-electron chi connectivity index (χ2n) is 17.1. The molecule has 0 saturated carbocycles. The normalized spacial score (nSPS) is 12.8. The summed E-state index contributed by atoms with van der Waals surface area (Å²) in [5.41, 5.74) is 0. The van der Waals surface area contributed by atoms with Crippen LogP contribution in [-0.4, -0.2) is 47.4 Å². The van der Waals surface area contributed by atoms with E-state index in [9.17, 15) is 19.8 Å². The second-order valence-corrected chi connectivity index (χ2v) is 17.1. The van der Waals surface area contributed by atoms with Gasteiger partial charge in [0.15, 0.2) is 0 Å². The highest BCUT2D eigenvalue weighted by atomic mass is 16.5. The van der Waals surface area contributed by atoms with Crippen LogP contribution in [-0.2, 0) is 14.3 Å². The maximum atomic E-state index is 12.4. The topological polar surface area (TPSA) is 95.9 Å². The summed E-state index contributed by atoms with van der Waals surface area (Å²) in [5.74, 6) is -0.0534. The fraction of sp³-hybridized carbons (Fsp3) is 0.882. The highest BCUT2D eigenvalue weighted by Crippen LogP contribution is 2.16. The van der Waals surface area contributed by atoms with Crippen LogP contribution in [0.2, 0.25) is 0 Å². The number of hydrogen-bond acceptors (Lipinski definition) is 5. The van der Waals surface area contributed by atoms with Crippen molar-refractivity contribution in [2.75, 3.05) is 13.2 Å². The Balaban J connectivity index is 3.40. The summed E-state index contributed by atoms with van der Waals surface area (Å²) >= 11 is 0. The maximum Gasteiger partial charge on any atom is 0.305 e. The standard InChI is InChI=1S/C51H97NO5/c1-3-5-7-9-11-13-14-15-22-25-29-33-37-41-45-51(56)57-46-42-38-34-30-26-23-20-18-16-17-19-21-24-28-32-36-40-44-50(55)52-48(47-53)49(54)43-39-35-31-27-12-10-8-6-4-2/h9,11,14-15,48-49,53-54H,3-8,10,12-13,16-47H2,1-2H3,(H,52,55)/b11-9-,15-14-. The van der Waals surface area contributed by atoms with Crippen molar-refractivity contribution in [1.82, 2.24) is 5.32 Å². The molecule has 336 valence electrons. The number of amides is 1. The largest absolute Gasteiger partial charge is 0.466 e. The van der Waals surface area contributed by atoms with Gasteiger partial charge in [-0.05, 0) is 51.4 Å². The van der Waals surface area contributed by atoms with Crippen molar-refractivity contribution in [3.63, 3.8) is 0 Å². The summed E-state index contributed by atoms with van der Waals surface area (Å²) in [5, 5.41) is 23.1. The van der Waals surface area contributed by atoms with E-state index in [-0.39, 0.29) is 18.5 Å². The number of esters is 1. The molecule has 6 heteroatoms. The molecule has 0 heterocycles. The van der Waals surface area contributed by atoms with E-state index in [1.807, 2.05) is 0 Å². The van der Waals surface area contributed by atoms with Gasteiger partial charge in [0.2, 0.25) is 5.91 Å². The Hall–Kier alpha value is -1.66. The van der Waals surface area contributed by atoms with Gasteiger partial charge in [0.1, 0.15) is 0 Å². The molecule has 1 amide bonds. The van der Waals surface area contributed by atoms with Crippen LogP contribution in [0, 0.1) is 0 Å². The minimum atomic E-state index is -0.665. The molecular formula is C51H97NO5. The quantitative estimate of drug-likeness (QED) is 0.0324. The highest BCUT2D eigenvalue weighted by Gasteiger charge is 2.20. The first kappa shape index (κ1) is 55.3. The Bertz CT molecular complexity index is 889. The zero-order valence-electron chi connectivity index (χ0n) is 38.1. The van der Waals surface area contributed by atoms with E-state index < -0.39 is 12.1 Å². The van der Waals surface area contributed by atoms with Gasteiger partial charge in [-0.3, -0.25) is 9.59 Å². The highest BCUT2D eigenvalue weighted by molar-refractivity contribution is 5.76. The third-order valence-corrected chi connectivity index (χ3v) is 11.5. The first-order valence-corrected chi connectivity index (χ1v) is 25.1. The SMILES string of the molecule is CCCC/C=C\C/C=C\CCCCCCCC(=O)OCCCCCCCCCCCCCCCCCCCC(=O)NC(CO)C(O)CCCCCCCCCCC. The molecule has 0 aliphatic rings. The molecule has 0 radical (unpaired) electrons. The number of aliphatic hydroxyl groups is 2. The molecule has 0 aromatic carbocycles. The molecule has 0 aliphatic heterocycles. The zero-order valence-corrected chi connectivity index (χ0v) is 38.1. The van der Waals surface area contributed by atoms with E-state index >= 15 is 0 Å². The monoisotopic (exact) mass is 804 g/mol. The van der Waals surface area contributed by atoms with Crippen LogP contribution in [0.5, 0.6) is 0 Å². The molecule has 0 rings (SSSR count). The van der Waals surface area contributed by atoms with Crippen molar-refractivity contribution in [2.45, 2.75) is 276 Å². The van der Waals surface area contributed by atoms with Gasteiger partial charge in [-0.15, -0.1) is 0 Å². The number of nitrogens with one attached hydrogen (secondary N) is 1. The number of rotatable bonds is 46. The van der Waals surface area contributed by atoms with Crippen molar-refractivity contribution in [2.24, 2.45) is 0 Å². The fourth-order valence-corrected chi connectivity index (χ4v) is 7.60. The summed E-state index contributed by atoms with van der Waals surface area (Å²) in [7, 11) is 0. The third kappa shape index (κ3) is 43.7. The van der Waals surface area contributed by atoms with Crippen LogP contribution in [0.1, 0.15) is 264 Å². The summed E-state index contributed by atoms with van der Waals surface area (Å²) in [4.78, 5) is 24.4. The average molecular weight is 804 g/mol. The summed E-state index contributed by atoms with van der Waals surface area (Å²) in [6.45, 7) is 4.87. The van der Waals surface area contributed by atoms with Crippen LogP contribution in [0.4, 0.5) is 0 Å². The van der Waals surface area contributed by atoms with Crippen molar-refractivity contribution in [1.29, 1.82) is 0 Å². The second kappa shape index (κ2) is 47.0. The van der Waals surface area contributed by atoms with Crippen molar-refractivity contribution < 1.29 is 24.5 Å². The average Bonchev–Trinajstić information content (AvgIpc) is 3.21. The van der Waals surface area contributed by atoms with Crippen molar-refractivity contribution >= 4 is 11.9 Å². The fourth-order valence-electron chi connectivity index (χ4n) is 7.60. The molecule has 0 bridgehead atoms. The van der Waals surface area contributed by atoms with Crippen LogP contribution in [0.15, 0.2) is 24.3 Å². The van der Waals surface area contributed by atoms with Gasteiger partial charge in [0.05, 0.1) is 25.4 Å². The molecule has 3 N–H and O–H groups in total. The van der Waals surface area contributed by atoms with Crippen LogP contribution in [0.25, 0.3) is 0 Å². The van der Waals surface area contributed by atoms with Crippen molar-refractivity contribution in [3.8, 4) is 0 Å². The maximum absolute atomic E-state index is 12.4. The van der Waals surface area contributed by atoms with Gasteiger partial charge in [-0.2, -0.15) is 0 Å². The molecule has 0 saturated heterocycles. The van der Waals surface area contributed by atoms with Crippen LogP contribution >= 0.6 is 0 Å². The van der Waals surface area contributed by atoms with Crippen LogP contribution < -0.4 is 5.32 Å². The van der Waals surface area contributed by atoms with E-state index in [2.05, 4.69) is 43.5 Å². The molecule has 57 heavy (non-hydrogen) atoms. The Kier molecular flexibility index (Phi) is 45.7. The number of unbranched alkanes of at least 4 members (excludes halogenated alkanes) is 31. The Labute approximate surface area is 354 Å². The van der Waals surface area contributed by atoms with E-state index in [4.69, 9.17) is 4.74 Å². The minimum Gasteiger partial charge on any atom is -0.466 e. The van der Waals surface area contributed by atoms with E-state index in [1.165, 1.54) is 180 Å². The lowest BCUT2D eigenvalue weighted by molar-refractivity contribution is -0.143. The number of allylic oxidation sites excluding steroid dienone is 4. The molecule has 0 aromatic heterocycles. The number of carbonyl (C=O) groups is 2. The van der Waals surface area contributed by atoms with Gasteiger partial charge in [-0.1, -0.05) is 224 Å². The lowest BCUT2D eigenvalue weighted by Crippen LogP contribution is -2.45. The number of carbonyl (C=O) groups excluding carboxylic acids is 2. The van der Waals surface area contributed by atoms with Gasteiger partial charge < -0.3 is 20.3 Å². The first-order chi connectivity index (χ1) is 28.0. The lowest BCUT2D eigenvalue weighted by Gasteiger charge is -2.22. The number of hydrogen-bond donors (Lipinski definition) is 3. The zero-order chi connectivity index (χ0) is 41.5. The number of aliphatic hydroxyl groups excluding tert-OH is 2. The van der Waals surface area contributed by atoms with Gasteiger partial charge >= 0.3 is 5.97 Å². The molecule has 0 fully saturated rings. The van der Waals surface area contributed by atoms with Gasteiger partial charge in [0.25, 0.3) is 0 Å². The van der Waals surface area contributed by atoms with Gasteiger partial charge in [0, 0.05) is 12.8 Å². The summed E-state index contributed by atoms with van der Waals surface area (Å²) < 4.78 is 5.45. The first-order valence-electron chi connectivity index (χ1n) is 25.1. The van der Waals surface area contributed by atoms with Crippen LogP contribution in [0.3, 0.4) is 0 Å². The molecular weight excluding hydrogens is 707 g/mol. The van der Waals surface area contributed by atoms with Gasteiger partial charge in [-0.25, -0.2) is 0 Å². The minimum absolute atomic E-state index is 0.00981. The van der Waals surface area contributed by atoms with E-state index in [0.29, 0.717) is 25.9 Å². The molecule has 6 nitrogen and oxygen atoms in total. The number of ether oxygens (including phenoxy) is 1. The third-order valence-electron chi connectivity index (χ3n) is 11.5. The molecule has 0 aromatic rings. The molecule has 2 unspecified atom stereocenters. The Morgan fingerprint density at radius 3 is 1.39 bits per heavy atom. The Morgan fingerprint density at radius 1 is 0.491 bits per heavy atom. The predicted octanol–water partition coefficient (Wildman–Crippen LogP) is 14.7. The lowest BCUT2D eigenvalue weighted by atomic mass is 10.0. The molecule has 2 atom stereocenters. The summed E-state index contributed by atoms with van der Waals surface area (Å²) in [6.07, 6.45) is 54.3. The van der Waals surface area contributed by atoms with E-state index in [0.717, 1.165) is 51.4 Å². The Morgan fingerprint density at radius 2 is 0.895 bits per heavy atom. The smallest absolute Gasteiger partial charge is 0.305 e.